The first-order chi connectivity index (χ1) is 10.1. The monoisotopic (exact) mass is 293 g/mol. The Morgan fingerprint density at radius 1 is 1.19 bits per heavy atom. The minimum atomic E-state index is -0.464. The number of hydrogen-bond donors (Lipinski definition) is 1. The van der Waals surface area contributed by atoms with E-state index in [0.29, 0.717) is 17.1 Å². The Morgan fingerprint density at radius 3 is 2.29 bits per heavy atom. The maximum absolute atomic E-state index is 12.8. The minimum absolute atomic E-state index is 0.152. The number of carbonyl (C=O) groups excluding carboxylic acids is 1. The molecule has 1 aliphatic carbocycles. The zero-order valence-electron chi connectivity index (χ0n) is 12.8. The number of aliphatic hydroxyl groups is 1. The fraction of sp³-hybridized carbons (Fsp3) is 0.562. The maximum Gasteiger partial charge on any atom is 0.261 e. The fourth-order valence-electron chi connectivity index (χ4n) is 2.93. The van der Waals surface area contributed by atoms with Crippen molar-refractivity contribution in [2.45, 2.75) is 37.8 Å². The van der Waals surface area contributed by atoms with Crippen molar-refractivity contribution >= 4 is 5.91 Å². The molecule has 5 heteroatoms. The summed E-state index contributed by atoms with van der Waals surface area (Å²) >= 11 is 0. The summed E-state index contributed by atoms with van der Waals surface area (Å²) in [6.45, 7) is 0. The summed E-state index contributed by atoms with van der Waals surface area (Å²) in [5, 5.41) is 10.1. The van der Waals surface area contributed by atoms with Gasteiger partial charge in [0.05, 0.1) is 26.4 Å². The Hall–Kier alpha value is -1.75. The van der Waals surface area contributed by atoms with Crippen molar-refractivity contribution in [2.75, 3.05) is 21.3 Å². The quantitative estimate of drug-likeness (QED) is 0.923. The number of ether oxygens (including phenoxy) is 2. The van der Waals surface area contributed by atoms with E-state index in [0.717, 1.165) is 25.7 Å². The highest BCUT2D eigenvalue weighted by atomic mass is 16.5. The molecule has 1 aliphatic rings. The topological polar surface area (TPSA) is 59.0 Å². The molecule has 1 aromatic rings. The Kier molecular flexibility index (Phi) is 5.07. The van der Waals surface area contributed by atoms with E-state index in [-0.39, 0.29) is 11.9 Å². The predicted molar refractivity (Wildman–Crippen MR) is 79.9 cm³/mol. The summed E-state index contributed by atoms with van der Waals surface area (Å²) in [5.74, 6) is 0.781. The van der Waals surface area contributed by atoms with Crippen LogP contribution in [0.5, 0.6) is 11.5 Å². The van der Waals surface area contributed by atoms with E-state index in [1.54, 1.807) is 30.1 Å². The molecule has 0 heterocycles. The average Bonchev–Trinajstić information content (AvgIpc) is 2.53. The molecule has 5 nitrogen and oxygen atoms in total. The van der Waals surface area contributed by atoms with Crippen molar-refractivity contribution in [3.8, 4) is 11.5 Å². The molecule has 1 aromatic carbocycles. The molecule has 0 spiro atoms. The van der Waals surface area contributed by atoms with Gasteiger partial charge in [0.1, 0.15) is 17.1 Å². The third-order valence-electron chi connectivity index (χ3n) is 4.15. The van der Waals surface area contributed by atoms with Crippen molar-refractivity contribution in [1.82, 2.24) is 4.90 Å². The van der Waals surface area contributed by atoms with Crippen LogP contribution in [0.4, 0.5) is 0 Å². The lowest BCUT2D eigenvalue weighted by atomic mass is 9.91. The first-order valence-corrected chi connectivity index (χ1v) is 7.26. The summed E-state index contributed by atoms with van der Waals surface area (Å²) in [7, 11) is 4.79. The predicted octanol–water partition coefficient (Wildman–Crippen LogP) is 2.08. The summed E-state index contributed by atoms with van der Waals surface area (Å²) in [6.07, 6.45) is 3.14. The number of rotatable bonds is 4. The normalized spacial score (nSPS) is 21.7. The molecule has 0 saturated heterocycles. The molecule has 2 atom stereocenters. The van der Waals surface area contributed by atoms with Crippen molar-refractivity contribution in [3.05, 3.63) is 23.8 Å². The van der Waals surface area contributed by atoms with Gasteiger partial charge in [0.25, 0.3) is 5.91 Å². The second-order valence-electron chi connectivity index (χ2n) is 5.37. The Labute approximate surface area is 125 Å². The van der Waals surface area contributed by atoms with E-state index in [9.17, 15) is 9.90 Å². The van der Waals surface area contributed by atoms with Gasteiger partial charge >= 0.3 is 0 Å². The van der Waals surface area contributed by atoms with E-state index >= 15 is 0 Å². The molecule has 21 heavy (non-hydrogen) atoms. The van der Waals surface area contributed by atoms with Gasteiger partial charge in [-0.3, -0.25) is 4.79 Å². The Balaban J connectivity index is 2.30. The van der Waals surface area contributed by atoms with Gasteiger partial charge in [0, 0.05) is 7.05 Å². The smallest absolute Gasteiger partial charge is 0.261 e. The first-order valence-electron chi connectivity index (χ1n) is 7.26. The molecule has 116 valence electrons. The number of nitrogens with zero attached hydrogens (tertiary/aromatic N) is 1. The van der Waals surface area contributed by atoms with Crippen molar-refractivity contribution in [2.24, 2.45) is 0 Å². The third kappa shape index (κ3) is 3.13. The van der Waals surface area contributed by atoms with Gasteiger partial charge in [-0.1, -0.05) is 18.9 Å². The molecule has 2 unspecified atom stereocenters. The molecule has 2 rings (SSSR count). The van der Waals surface area contributed by atoms with Gasteiger partial charge in [0.2, 0.25) is 0 Å². The van der Waals surface area contributed by atoms with E-state index in [2.05, 4.69) is 0 Å². The molecule has 0 bridgehead atoms. The fourth-order valence-corrected chi connectivity index (χ4v) is 2.93. The molecule has 1 saturated carbocycles. The molecule has 0 aliphatic heterocycles. The van der Waals surface area contributed by atoms with Crippen LogP contribution in [0.25, 0.3) is 0 Å². The number of hydrogen-bond acceptors (Lipinski definition) is 4. The molecule has 1 amide bonds. The second kappa shape index (κ2) is 6.80. The zero-order chi connectivity index (χ0) is 15.4. The van der Waals surface area contributed by atoms with Gasteiger partial charge < -0.3 is 19.5 Å². The number of benzene rings is 1. The number of amides is 1. The van der Waals surface area contributed by atoms with Crippen LogP contribution in [0.15, 0.2) is 18.2 Å². The minimum Gasteiger partial charge on any atom is -0.496 e. The van der Waals surface area contributed by atoms with E-state index in [1.807, 2.05) is 0 Å². The third-order valence-corrected chi connectivity index (χ3v) is 4.15. The van der Waals surface area contributed by atoms with Crippen LogP contribution in [0, 0.1) is 0 Å². The van der Waals surface area contributed by atoms with Gasteiger partial charge in [-0.05, 0) is 25.0 Å². The Morgan fingerprint density at radius 2 is 1.76 bits per heavy atom. The van der Waals surface area contributed by atoms with E-state index in [1.165, 1.54) is 14.2 Å². The summed E-state index contributed by atoms with van der Waals surface area (Å²) < 4.78 is 10.6. The van der Waals surface area contributed by atoms with Gasteiger partial charge in [0.15, 0.2) is 0 Å². The van der Waals surface area contributed by atoms with Crippen LogP contribution in [0.1, 0.15) is 36.0 Å². The van der Waals surface area contributed by atoms with Gasteiger partial charge in [-0.25, -0.2) is 0 Å². The second-order valence-corrected chi connectivity index (χ2v) is 5.37. The SMILES string of the molecule is COc1cccc(OC)c1C(=O)N(C)C1CCCCC1O. The number of likely N-dealkylation sites (N-methyl/N-ethyl adjacent to an activating group) is 1. The molecule has 1 fully saturated rings. The highest BCUT2D eigenvalue weighted by Crippen LogP contribution is 2.31. The Bertz CT molecular complexity index is 481. The van der Waals surface area contributed by atoms with E-state index < -0.39 is 6.10 Å². The number of carbonyl (C=O) groups is 1. The van der Waals surface area contributed by atoms with Crippen LogP contribution < -0.4 is 9.47 Å². The highest BCUT2D eigenvalue weighted by molar-refractivity contribution is 5.99. The number of methoxy groups -OCH3 is 2. The van der Waals surface area contributed by atoms with Crippen molar-refractivity contribution < 1.29 is 19.4 Å². The summed E-state index contributed by atoms with van der Waals surface area (Å²) in [5.41, 5.74) is 0.405. The molecular weight excluding hydrogens is 270 g/mol. The van der Waals surface area contributed by atoms with Crippen molar-refractivity contribution in [1.29, 1.82) is 0 Å². The largest absolute Gasteiger partial charge is 0.496 e. The highest BCUT2D eigenvalue weighted by Gasteiger charge is 2.32. The van der Waals surface area contributed by atoms with E-state index in [4.69, 9.17) is 9.47 Å². The zero-order valence-corrected chi connectivity index (χ0v) is 12.8. The lowest BCUT2D eigenvalue weighted by Gasteiger charge is -2.35. The van der Waals surface area contributed by atoms with Crippen LogP contribution in [0.3, 0.4) is 0 Å². The standard InChI is InChI=1S/C16H23NO4/c1-17(11-7-4-5-8-12(11)18)16(19)15-13(20-2)9-6-10-14(15)21-3/h6,9-12,18H,4-5,7-8H2,1-3H3. The maximum atomic E-state index is 12.8. The van der Waals surface area contributed by atoms with Crippen molar-refractivity contribution in [3.63, 3.8) is 0 Å². The van der Waals surface area contributed by atoms with Crippen LogP contribution in [0.2, 0.25) is 0 Å². The van der Waals surface area contributed by atoms with Crippen LogP contribution >= 0.6 is 0 Å². The number of aliphatic hydroxyl groups excluding tert-OH is 1. The van der Waals surface area contributed by atoms with Gasteiger partial charge in [-0.15, -0.1) is 0 Å². The lowest BCUT2D eigenvalue weighted by Crippen LogP contribution is -2.46. The summed E-state index contributed by atoms with van der Waals surface area (Å²) in [6, 6.07) is 5.10. The summed E-state index contributed by atoms with van der Waals surface area (Å²) in [4.78, 5) is 14.4. The molecule has 1 N–H and O–H groups in total. The molecular formula is C16H23NO4. The lowest BCUT2D eigenvalue weighted by molar-refractivity contribution is 0.0264. The van der Waals surface area contributed by atoms with Gasteiger partial charge in [-0.2, -0.15) is 0 Å². The van der Waals surface area contributed by atoms with Crippen LogP contribution in [-0.2, 0) is 0 Å². The molecule has 0 radical (unpaired) electrons. The first kappa shape index (κ1) is 15.6. The van der Waals surface area contributed by atoms with Crippen LogP contribution in [-0.4, -0.2) is 49.3 Å². The average molecular weight is 293 g/mol. The molecule has 0 aromatic heterocycles.